The van der Waals surface area contributed by atoms with Gasteiger partial charge >= 0.3 is 5.97 Å². The van der Waals surface area contributed by atoms with Crippen molar-refractivity contribution in [3.05, 3.63) is 65.9 Å². The molecule has 0 saturated heterocycles. The van der Waals surface area contributed by atoms with Gasteiger partial charge in [0.15, 0.2) is 6.10 Å². The van der Waals surface area contributed by atoms with Crippen LogP contribution in [0.5, 0.6) is 0 Å². The van der Waals surface area contributed by atoms with Crippen LogP contribution in [0.2, 0.25) is 0 Å². The van der Waals surface area contributed by atoms with Gasteiger partial charge in [0.2, 0.25) is 5.76 Å². The molecule has 122 valence electrons. The summed E-state index contributed by atoms with van der Waals surface area (Å²) in [6, 6.07) is 16.2. The van der Waals surface area contributed by atoms with Crippen LogP contribution in [0, 0.1) is 6.92 Å². The molecule has 0 spiro atoms. The van der Waals surface area contributed by atoms with E-state index in [0.717, 1.165) is 10.9 Å². The van der Waals surface area contributed by atoms with Crippen LogP contribution in [0.4, 0.5) is 5.69 Å². The first kappa shape index (κ1) is 15.8. The van der Waals surface area contributed by atoms with Crippen molar-refractivity contribution < 1.29 is 18.7 Å². The molecule has 1 aromatic heterocycles. The first-order valence-corrected chi connectivity index (χ1v) is 7.60. The normalized spacial score (nSPS) is 11.9. The molecule has 0 aliphatic rings. The molecule has 0 saturated carbocycles. The average molecular weight is 323 g/mol. The largest absolute Gasteiger partial charge is 0.449 e. The van der Waals surface area contributed by atoms with E-state index in [1.165, 1.54) is 6.92 Å². The number of furan rings is 1. The van der Waals surface area contributed by atoms with Crippen molar-refractivity contribution in [2.24, 2.45) is 0 Å². The second-order valence-electron chi connectivity index (χ2n) is 5.55. The summed E-state index contributed by atoms with van der Waals surface area (Å²) in [5.74, 6) is -0.993. The van der Waals surface area contributed by atoms with E-state index in [1.807, 2.05) is 37.3 Å². The van der Waals surface area contributed by atoms with Crippen molar-refractivity contribution in [2.45, 2.75) is 20.0 Å². The number of ether oxygens (including phenoxy) is 1. The lowest BCUT2D eigenvalue weighted by Gasteiger charge is -2.12. The fourth-order valence-electron chi connectivity index (χ4n) is 2.24. The van der Waals surface area contributed by atoms with E-state index in [-0.39, 0.29) is 5.76 Å². The highest BCUT2D eigenvalue weighted by molar-refractivity contribution is 5.97. The summed E-state index contributed by atoms with van der Waals surface area (Å²) in [5, 5.41) is 3.51. The average Bonchev–Trinajstić information content (AvgIpc) is 3.01. The monoisotopic (exact) mass is 323 g/mol. The Morgan fingerprint density at radius 3 is 2.50 bits per heavy atom. The second kappa shape index (κ2) is 6.58. The number of carbonyl (C=O) groups is 2. The highest BCUT2D eigenvalue weighted by atomic mass is 16.6. The van der Waals surface area contributed by atoms with Gasteiger partial charge < -0.3 is 14.5 Å². The fourth-order valence-corrected chi connectivity index (χ4v) is 2.24. The van der Waals surface area contributed by atoms with Crippen molar-refractivity contribution in [1.29, 1.82) is 0 Å². The van der Waals surface area contributed by atoms with Crippen molar-refractivity contribution in [1.82, 2.24) is 0 Å². The van der Waals surface area contributed by atoms with Crippen LogP contribution in [0.1, 0.15) is 23.0 Å². The maximum absolute atomic E-state index is 12.1. The molecule has 0 bridgehead atoms. The Morgan fingerprint density at radius 1 is 1.08 bits per heavy atom. The lowest BCUT2D eigenvalue weighted by atomic mass is 10.2. The summed E-state index contributed by atoms with van der Waals surface area (Å²) >= 11 is 0. The number of nitrogens with one attached hydrogen (secondary N) is 1. The number of fused-ring (bicyclic) bond motifs is 1. The van der Waals surface area contributed by atoms with Crippen molar-refractivity contribution in [3.8, 4) is 0 Å². The van der Waals surface area contributed by atoms with E-state index in [4.69, 9.17) is 9.15 Å². The van der Waals surface area contributed by atoms with Gasteiger partial charge in [-0.05, 0) is 38.1 Å². The molecule has 1 atom stereocenters. The molecule has 1 N–H and O–H groups in total. The van der Waals surface area contributed by atoms with E-state index >= 15 is 0 Å². The van der Waals surface area contributed by atoms with Crippen LogP contribution < -0.4 is 5.32 Å². The Bertz CT molecular complexity index is 847. The zero-order valence-corrected chi connectivity index (χ0v) is 13.4. The lowest BCUT2D eigenvalue weighted by molar-refractivity contribution is -0.123. The van der Waals surface area contributed by atoms with E-state index in [0.29, 0.717) is 11.3 Å². The van der Waals surface area contributed by atoms with E-state index in [9.17, 15) is 9.59 Å². The third-order valence-corrected chi connectivity index (χ3v) is 3.60. The Kier molecular flexibility index (Phi) is 4.33. The topological polar surface area (TPSA) is 68.5 Å². The molecule has 1 amide bonds. The Labute approximate surface area is 139 Å². The fraction of sp³-hybridized carbons (Fsp3) is 0.158. The number of benzene rings is 2. The predicted octanol–water partition coefficient (Wildman–Crippen LogP) is 3.93. The van der Waals surface area contributed by atoms with Gasteiger partial charge in [-0.25, -0.2) is 4.79 Å². The highest BCUT2D eigenvalue weighted by Gasteiger charge is 2.21. The first-order chi connectivity index (χ1) is 11.5. The van der Waals surface area contributed by atoms with Gasteiger partial charge in [-0.15, -0.1) is 0 Å². The minimum Gasteiger partial charge on any atom is -0.449 e. The van der Waals surface area contributed by atoms with Crippen LogP contribution >= 0.6 is 0 Å². The first-order valence-electron chi connectivity index (χ1n) is 7.60. The van der Waals surface area contributed by atoms with Crippen LogP contribution in [-0.4, -0.2) is 18.0 Å². The number of amides is 1. The predicted molar refractivity (Wildman–Crippen MR) is 90.9 cm³/mol. The SMILES string of the molecule is Cc1ccc(NC(=O)[C@@H](C)OC(=O)c2cc3ccccc3o2)cc1. The molecule has 0 fully saturated rings. The molecule has 1 heterocycles. The van der Waals surface area contributed by atoms with E-state index < -0.39 is 18.0 Å². The zero-order chi connectivity index (χ0) is 17.1. The zero-order valence-electron chi connectivity index (χ0n) is 13.4. The molecule has 5 heteroatoms. The Hall–Kier alpha value is -3.08. The number of anilines is 1. The summed E-state index contributed by atoms with van der Waals surface area (Å²) in [6.45, 7) is 3.48. The molecule has 0 unspecified atom stereocenters. The summed E-state index contributed by atoms with van der Waals surface area (Å²) < 4.78 is 10.6. The molecule has 0 aliphatic carbocycles. The number of para-hydroxylation sites is 1. The molecule has 3 aromatic rings. The van der Waals surface area contributed by atoms with Gasteiger partial charge in [0.05, 0.1) is 0 Å². The standard InChI is InChI=1S/C19H17NO4/c1-12-7-9-15(10-8-12)20-18(21)13(2)23-19(22)17-11-14-5-3-4-6-16(14)24-17/h3-11,13H,1-2H3,(H,20,21)/t13-/m1/s1. The molecule has 24 heavy (non-hydrogen) atoms. The smallest absolute Gasteiger partial charge is 0.375 e. The number of carbonyl (C=O) groups excluding carboxylic acids is 2. The molecule has 0 radical (unpaired) electrons. The highest BCUT2D eigenvalue weighted by Crippen LogP contribution is 2.20. The Morgan fingerprint density at radius 2 is 1.79 bits per heavy atom. The third kappa shape index (κ3) is 3.46. The molecule has 5 nitrogen and oxygen atoms in total. The van der Waals surface area contributed by atoms with E-state index in [1.54, 1.807) is 24.3 Å². The minimum absolute atomic E-state index is 0.0752. The number of esters is 1. The van der Waals surface area contributed by atoms with Crippen molar-refractivity contribution in [3.63, 3.8) is 0 Å². The molecule has 3 rings (SSSR count). The number of rotatable bonds is 4. The molecule has 0 aliphatic heterocycles. The number of hydrogen-bond donors (Lipinski definition) is 1. The van der Waals surface area contributed by atoms with Gasteiger partial charge in [-0.3, -0.25) is 4.79 Å². The van der Waals surface area contributed by atoms with Crippen molar-refractivity contribution in [2.75, 3.05) is 5.32 Å². The third-order valence-electron chi connectivity index (χ3n) is 3.60. The van der Waals surface area contributed by atoms with Gasteiger partial charge in [0.25, 0.3) is 5.91 Å². The maximum atomic E-state index is 12.1. The molecular formula is C19H17NO4. The van der Waals surface area contributed by atoms with Gasteiger partial charge in [-0.1, -0.05) is 35.9 Å². The van der Waals surface area contributed by atoms with Crippen LogP contribution in [0.25, 0.3) is 11.0 Å². The molecular weight excluding hydrogens is 306 g/mol. The Balaban J connectivity index is 1.64. The van der Waals surface area contributed by atoms with Gasteiger partial charge in [0, 0.05) is 11.1 Å². The number of aryl methyl sites for hydroxylation is 1. The summed E-state index contributed by atoms with van der Waals surface area (Å²) in [4.78, 5) is 24.2. The van der Waals surface area contributed by atoms with Crippen LogP contribution in [0.15, 0.2) is 59.0 Å². The maximum Gasteiger partial charge on any atom is 0.375 e. The minimum atomic E-state index is -0.938. The van der Waals surface area contributed by atoms with Gasteiger partial charge in [-0.2, -0.15) is 0 Å². The lowest BCUT2D eigenvalue weighted by Crippen LogP contribution is -2.29. The van der Waals surface area contributed by atoms with Crippen LogP contribution in [0.3, 0.4) is 0 Å². The number of hydrogen-bond acceptors (Lipinski definition) is 4. The van der Waals surface area contributed by atoms with Gasteiger partial charge in [0.1, 0.15) is 5.58 Å². The van der Waals surface area contributed by atoms with Crippen molar-refractivity contribution >= 4 is 28.5 Å². The van der Waals surface area contributed by atoms with Crippen LogP contribution in [-0.2, 0) is 9.53 Å². The summed E-state index contributed by atoms with van der Waals surface area (Å²) in [6.07, 6.45) is -0.938. The second-order valence-corrected chi connectivity index (χ2v) is 5.55. The summed E-state index contributed by atoms with van der Waals surface area (Å²) in [5.41, 5.74) is 2.34. The molecule has 2 aromatic carbocycles. The summed E-state index contributed by atoms with van der Waals surface area (Å²) in [7, 11) is 0. The quantitative estimate of drug-likeness (QED) is 0.739. The van der Waals surface area contributed by atoms with E-state index in [2.05, 4.69) is 5.32 Å².